The number of likely N-dealkylation sites (tertiary alicyclic amines) is 1. The van der Waals surface area contributed by atoms with E-state index >= 15 is 0 Å². The number of aromatic nitrogens is 1. The lowest BCUT2D eigenvalue weighted by molar-refractivity contribution is -0.117. The molecule has 6 rings (SSSR count). The number of amides is 1. The number of hydrogen-bond donors (Lipinski definition) is 0. The molecular formula is C24H28N4O2. The number of likely N-dealkylation sites (N-methyl/N-ethyl adjacent to an activating group) is 1. The molecule has 1 aromatic heterocycles. The third-order valence-electron chi connectivity index (χ3n) is 7.40. The Morgan fingerprint density at radius 3 is 3.13 bits per heavy atom. The molecule has 0 saturated carbocycles. The van der Waals surface area contributed by atoms with Gasteiger partial charge in [-0.25, -0.2) is 0 Å². The molecule has 0 aliphatic carbocycles. The van der Waals surface area contributed by atoms with Gasteiger partial charge >= 0.3 is 0 Å². The first-order chi connectivity index (χ1) is 14.7. The summed E-state index contributed by atoms with van der Waals surface area (Å²) in [5, 5.41) is 0. The molecule has 4 aliphatic heterocycles. The van der Waals surface area contributed by atoms with Gasteiger partial charge in [0.05, 0.1) is 30.2 Å². The van der Waals surface area contributed by atoms with E-state index in [1.165, 1.54) is 16.8 Å². The average molecular weight is 405 g/mol. The smallest absolute Gasteiger partial charge is 0.246 e. The van der Waals surface area contributed by atoms with Crippen LogP contribution in [0.1, 0.15) is 35.6 Å². The van der Waals surface area contributed by atoms with Crippen LogP contribution in [0.3, 0.4) is 0 Å². The number of piperidine rings is 1. The molecule has 2 atom stereocenters. The number of aryl methyl sites for hydroxylation is 1. The van der Waals surface area contributed by atoms with Crippen LogP contribution >= 0.6 is 0 Å². The predicted octanol–water partition coefficient (Wildman–Crippen LogP) is 2.60. The lowest BCUT2D eigenvalue weighted by Crippen LogP contribution is -2.51. The van der Waals surface area contributed by atoms with Gasteiger partial charge in [0.15, 0.2) is 0 Å². The monoisotopic (exact) mass is 404 g/mol. The fourth-order valence-electron chi connectivity index (χ4n) is 5.90. The first-order valence-corrected chi connectivity index (χ1v) is 11.2. The molecule has 6 nitrogen and oxygen atoms in total. The van der Waals surface area contributed by atoms with E-state index in [0.29, 0.717) is 18.5 Å². The number of anilines is 2. The SMILES string of the molecule is CN1C(=O)CN2c3c(cccc31)C1CN(CCCc3ccnc4c3OCC4)CCC12. The molecule has 2 unspecified atom stereocenters. The maximum atomic E-state index is 12.5. The molecule has 6 heteroatoms. The molecule has 1 aromatic carbocycles. The first kappa shape index (κ1) is 18.2. The Bertz CT molecular complexity index is 1010. The summed E-state index contributed by atoms with van der Waals surface area (Å²) in [4.78, 5) is 23.8. The Hall–Kier alpha value is -2.60. The molecule has 0 N–H and O–H groups in total. The van der Waals surface area contributed by atoms with E-state index in [0.717, 1.165) is 69.1 Å². The molecule has 0 bridgehead atoms. The number of rotatable bonds is 4. The first-order valence-electron chi connectivity index (χ1n) is 11.2. The van der Waals surface area contributed by atoms with Gasteiger partial charge in [0, 0.05) is 44.7 Å². The largest absolute Gasteiger partial charge is 0.491 e. The summed E-state index contributed by atoms with van der Waals surface area (Å²) in [7, 11) is 1.91. The highest BCUT2D eigenvalue weighted by Crippen LogP contribution is 2.50. The lowest BCUT2D eigenvalue weighted by atomic mass is 9.89. The van der Waals surface area contributed by atoms with Crippen molar-refractivity contribution in [1.29, 1.82) is 0 Å². The minimum absolute atomic E-state index is 0.204. The molecule has 1 fully saturated rings. The quantitative estimate of drug-likeness (QED) is 0.784. The van der Waals surface area contributed by atoms with Gasteiger partial charge in [0.1, 0.15) is 5.75 Å². The van der Waals surface area contributed by atoms with Gasteiger partial charge in [-0.3, -0.25) is 9.78 Å². The number of hydrogen-bond acceptors (Lipinski definition) is 5. The Kier molecular flexibility index (Phi) is 4.23. The highest BCUT2D eigenvalue weighted by Gasteiger charge is 2.46. The fraction of sp³-hybridized carbons (Fsp3) is 0.500. The van der Waals surface area contributed by atoms with Crippen molar-refractivity contribution >= 4 is 17.3 Å². The number of ether oxygens (including phenoxy) is 1. The molecule has 1 saturated heterocycles. The highest BCUT2D eigenvalue weighted by molar-refractivity contribution is 6.04. The van der Waals surface area contributed by atoms with Crippen LogP contribution in [0, 0.1) is 0 Å². The van der Waals surface area contributed by atoms with Crippen LogP contribution in [0.5, 0.6) is 5.75 Å². The second kappa shape index (κ2) is 6.98. The van der Waals surface area contributed by atoms with Crippen molar-refractivity contribution in [3.05, 3.63) is 47.3 Å². The zero-order chi connectivity index (χ0) is 20.2. The molecule has 1 amide bonds. The number of carbonyl (C=O) groups excluding carboxylic acids is 1. The van der Waals surface area contributed by atoms with Crippen molar-refractivity contribution in [2.45, 2.75) is 37.6 Å². The summed E-state index contributed by atoms with van der Waals surface area (Å²) < 4.78 is 5.81. The van der Waals surface area contributed by atoms with E-state index in [9.17, 15) is 4.79 Å². The Morgan fingerprint density at radius 1 is 1.27 bits per heavy atom. The zero-order valence-corrected chi connectivity index (χ0v) is 17.5. The third kappa shape index (κ3) is 2.73. The van der Waals surface area contributed by atoms with Crippen LogP contribution < -0.4 is 14.5 Å². The number of fused-ring (bicyclic) bond motifs is 4. The Balaban J connectivity index is 1.15. The van der Waals surface area contributed by atoms with Crippen LogP contribution in [0.4, 0.5) is 11.4 Å². The predicted molar refractivity (Wildman–Crippen MR) is 117 cm³/mol. The van der Waals surface area contributed by atoms with Crippen LogP contribution in [-0.2, 0) is 17.6 Å². The van der Waals surface area contributed by atoms with Crippen LogP contribution in [0.25, 0.3) is 0 Å². The zero-order valence-electron chi connectivity index (χ0n) is 17.5. The van der Waals surface area contributed by atoms with E-state index in [4.69, 9.17) is 4.74 Å². The molecule has 0 spiro atoms. The average Bonchev–Trinajstić information content (AvgIpc) is 3.36. The summed E-state index contributed by atoms with van der Waals surface area (Å²) in [6.07, 6.45) is 6.17. The summed E-state index contributed by atoms with van der Waals surface area (Å²) in [6.45, 7) is 4.59. The summed E-state index contributed by atoms with van der Waals surface area (Å²) in [6, 6.07) is 9.07. The van der Waals surface area contributed by atoms with Crippen molar-refractivity contribution in [2.75, 3.05) is 49.6 Å². The van der Waals surface area contributed by atoms with Crippen molar-refractivity contribution < 1.29 is 9.53 Å². The molecule has 30 heavy (non-hydrogen) atoms. The minimum Gasteiger partial charge on any atom is -0.491 e. The van der Waals surface area contributed by atoms with Gasteiger partial charge in [-0.15, -0.1) is 0 Å². The number of para-hydroxylation sites is 1. The molecular weight excluding hydrogens is 376 g/mol. The maximum absolute atomic E-state index is 12.5. The molecule has 0 radical (unpaired) electrons. The van der Waals surface area contributed by atoms with E-state index in [1.54, 1.807) is 0 Å². The molecule has 4 aliphatic rings. The third-order valence-corrected chi connectivity index (χ3v) is 7.40. The normalized spacial score (nSPS) is 24.5. The fourth-order valence-corrected chi connectivity index (χ4v) is 5.90. The topological polar surface area (TPSA) is 48.9 Å². The summed E-state index contributed by atoms with van der Waals surface area (Å²) >= 11 is 0. The van der Waals surface area contributed by atoms with E-state index < -0.39 is 0 Å². The number of pyridine rings is 1. The van der Waals surface area contributed by atoms with E-state index in [1.807, 2.05) is 18.1 Å². The van der Waals surface area contributed by atoms with Crippen LogP contribution in [0.2, 0.25) is 0 Å². The van der Waals surface area contributed by atoms with E-state index in [-0.39, 0.29) is 5.91 Å². The second-order valence-corrected chi connectivity index (χ2v) is 9.01. The second-order valence-electron chi connectivity index (χ2n) is 9.01. The van der Waals surface area contributed by atoms with Crippen LogP contribution in [0.15, 0.2) is 30.5 Å². The maximum Gasteiger partial charge on any atom is 0.246 e. The van der Waals surface area contributed by atoms with E-state index in [2.05, 4.69) is 39.0 Å². The number of nitrogens with zero attached hydrogens (tertiary/aromatic N) is 4. The van der Waals surface area contributed by atoms with Gasteiger partial charge in [-0.05, 0) is 49.1 Å². The van der Waals surface area contributed by atoms with Crippen molar-refractivity contribution in [2.24, 2.45) is 0 Å². The summed E-state index contributed by atoms with van der Waals surface area (Å²) in [5.41, 5.74) is 6.25. The van der Waals surface area contributed by atoms with Gasteiger partial charge in [0.2, 0.25) is 5.91 Å². The number of carbonyl (C=O) groups is 1. The standard InChI is InChI=1S/C24H28N4O2/c1-26-21-6-2-5-17-18-14-27(12-8-20(18)28(23(17)21)15-22(26)29)11-3-4-16-7-10-25-19-9-13-30-24(16)19/h2,5-7,10,18,20H,3-4,8-9,11-15H2,1H3. The Labute approximate surface area is 177 Å². The van der Waals surface area contributed by atoms with Crippen molar-refractivity contribution in [1.82, 2.24) is 9.88 Å². The minimum atomic E-state index is 0.204. The summed E-state index contributed by atoms with van der Waals surface area (Å²) in [5.74, 6) is 1.74. The highest BCUT2D eigenvalue weighted by atomic mass is 16.5. The lowest BCUT2D eigenvalue weighted by Gasteiger charge is -2.41. The molecule has 2 aromatic rings. The molecule has 5 heterocycles. The van der Waals surface area contributed by atoms with Gasteiger partial charge in [0.25, 0.3) is 0 Å². The molecule has 156 valence electrons. The Morgan fingerprint density at radius 2 is 2.20 bits per heavy atom. The van der Waals surface area contributed by atoms with Crippen molar-refractivity contribution in [3.63, 3.8) is 0 Å². The van der Waals surface area contributed by atoms with Gasteiger partial charge in [-0.1, -0.05) is 12.1 Å². The number of benzene rings is 1. The van der Waals surface area contributed by atoms with Gasteiger partial charge < -0.3 is 19.4 Å². The van der Waals surface area contributed by atoms with Crippen molar-refractivity contribution in [3.8, 4) is 5.75 Å². The van der Waals surface area contributed by atoms with Gasteiger partial charge in [-0.2, -0.15) is 0 Å². The van der Waals surface area contributed by atoms with Crippen LogP contribution in [-0.4, -0.2) is 61.7 Å².